The van der Waals surface area contributed by atoms with Crippen LogP contribution in [0.25, 0.3) is 17.0 Å². The zero-order valence-corrected chi connectivity index (χ0v) is 20.6. The van der Waals surface area contributed by atoms with Crippen molar-refractivity contribution >= 4 is 75.0 Å². The van der Waals surface area contributed by atoms with Gasteiger partial charge in [-0.2, -0.15) is 0 Å². The van der Waals surface area contributed by atoms with Crippen LogP contribution in [0.5, 0.6) is 11.6 Å². The normalized spacial score (nSPS) is 15.1. The molecule has 1 aliphatic heterocycles. The maximum absolute atomic E-state index is 13.5. The molecule has 5 rings (SSSR count). The molecule has 4 aromatic rings. The molecule has 9 heteroatoms. The van der Waals surface area contributed by atoms with Crippen LogP contribution in [0.4, 0.5) is 5.69 Å². The summed E-state index contributed by atoms with van der Waals surface area (Å²) in [6.07, 6.45) is 1.54. The standard InChI is InChI=1S/C26H17Cl2N3O3S/c1-30-22-5-3-2-4-19(22)20(25(30)34-18-12-8-16(28)9-13-18)14-21-23(32)29-26(35)31(24(21)33)17-10-6-15(27)7-11-17/h2-14H,1H3,(H,29,32,35). The van der Waals surface area contributed by atoms with E-state index in [2.05, 4.69) is 5.32 Å². The molecule has 2 amide bonds. The highest BCUT2D eigenvalue weighted by Gasteiger charge is 2.35. The number of ether oxygens (including phenoxy) is 1. The lowest BCUT2D eigenvalue weighted by molar-refractivity contribution is -0.122. The number of aryl methyl sites for hydroxylation is 1. The number of aromatic nitrogens is 1. The molecule has 1 aliphatic rings. The third-order valence-corrected chi connectivity index (χ3v) is 6.38. The zero-order chi connectivity index (χ0) is 24.7. The van der Waals surface area contributed by atoms with Crippen molar-refractivity contribution in [2.24, 2.45) is 7.05 Å². The van der Waals surface area contributed by atoms with Gasteiger partial charge in [0.05, 0.1) is 11.2 Å². The average molecular weight is 522 g/mol. The summed E-state index contributed by atoms with van der Waals surface area (Å²) in [5.74, 6) is -0.113. The van der Waals surface area contributed by atoms with E-state index < -0.39 is 11.8 Å². The van der Waals surface area contributed by atoms with Crippen LogP contribution in [0.2, 0.25) is 10.0 Å². The Kier molecular flexibility index (Phi) is 6.06. The number of rotatable bonds is 4. The molecule has 6 nitrogen and oxygen atoms in total. The van der Waals surface area contributed by atoms with E-state index in [0.29, 0.717) is 32.9 Å². The van der Waals surface area contributed by atoms with Gasteiger partial charge in [-0.3, -0.25) is 19.8 Å². The molecule has 1 fully saturated rings. The van der Waals surface area contributed by atoms with E-state index in [9.17, 15) is 9.59 Å². The molecule has 1 saturated heterocycles. The molecular weight excluding hydrogens is 505 g/mol. The van der Waals surface area contributed by atoms with E-state index in [4.69, 9.17) is 40.2 Å². The fourth-order valence-corrected chi connectivity index (χ4v) is 4.44. The predicted molar refractivity (Wildman–Crippen MR) is 142 cm³/mol. The fourth-order valence-electron chi connectivity index (χ4n) is 3.90. The first-order chi connectivity index (χ1) is 16.8. The quantitative estimate of drug-likeness (QED) is 0.200. The van der Waals surface area contributed by atoms with Gasteiger partial charge in [-0.1, -0.05) is 41.4 Å². The number of nitrogens with one attached hydrogen (secondary N) is 1. The van der Waals surface area contributed by atoms with Gasteiger partial charge in [0.25, 0.3) is 11.8 Å². The Labute approximate surface area is 216 Å². The van der Waals surface area contributed by atoms with Crippen molar-refractivity contribution in [2.75, 3.05) is 4.90 Å². The summed E-state index contributed by atoms with van der Waals surface area (Å²) < 4.78 is 8.06. The van der Waals surface area contributed by atoms with Gasteiger partial charge < -0.3 is 9.30 Å². The van der Waals surface area contributed by atoms with Gasteiger partial charge in [0.1, 0.15) is 11.3 Å². The number of fused-ring (bicyclic) bond motifs is 1. The van der Waals surface area contributed by atoms with Crippen molar-refractivity contribution in [1.82, 2.24) is 9.88 Å². The highest BCUT2D eigenvalue weighted by molar-refractivity contribution is 7.80. The highest BCUT2D eigenvalue weighted by atomic mass is 35.5. The van der Waals surface area contributed by atoms with Crippen LogP contribution in [0, 0.1) is 0 Å². The molecule has 1 aromatic heterocycles. The predicted octanol–water partition coefficient (Wildman–Crippen LogP) is 6.11. The smallest absolute Gasteiger partial charge is 0.270 e. The summed E-state index contributed by atoms with van der Waals surface area (Å²) in [5.41, 5.74) is 1.87. The lowest BCUT2D eigenvalue weighted by Gasteiger charge is -2.29. The number of amides is 2. The van der Waals surface area contributed by atoms with Gasteiger partial charge in [0, 0.05) is 28.0 Å². The Morgan fingerprint density at radius 1 is 0.914 bits per heavy atom. The second kappa shape index (κ2) is 9.19. The van der Waals surface area contributed by atoms with Crippen molar-refractivity contribution in [3.63, 3.8) is 0 Å². The number of thiocarbonyl (C=S) groups is 1. The number of halogens is 2. The molecule has 174 valence electrons. The molecule has 1 N–H and O–H groups in total. The second-order valence-corrected chi connectivity index (χ2v) is 9.04. The van der Waals surface area contributed by atoms with Crippen LogP contribution in [-0.2, 0) is 16.6 Å². The minimum Gasteiger partial charge on any atom is -0.440 e. The maximum Gasteiger partial charge on any atom is 0.270 e. The second-order valence-electron chi connectivity index (χ2n) is 7.79. The Balaban J connectivity index is 1.64. The first-order valence-corrected chi connectivity index (χ1v) is 11.7. The number of benzene rings is 3. The van der Waals surface area contributed by atoms with E-state index >= 15 is 0 Å². The van der Waals surface area contributed by atoms with Crippen molar-refractivity contribution in [2.45, 2.75) is 0 Å². The SMILES string of the molecule is Cn1c(Oc2ccc(Cl)cc2)c(C=C2C(=O)NC(=S)N(c3ccc(Cl)cc3)C2=O)c2ccccc21. The number of para-hydroxylation sites is 1. The van der Waals surface area contributed by atoms with E-state index in [1.165, 1.54) is 11.0 Å². The molecule has 0 aliphatic carbocycles. The number of carbonyl (C=O) groups excluding carboxylic acids is 2. The van der Waals surface area contributed by atoms with Gasteiger partial charge in [-0.15, -0.1) is 0 Å². The monoisotopic (exact) mass is 521 g/mol. The molecule has 2 heterocycles. The largest absolute Gasteiger partial charge is 0.440 e. The number of nitrogens with zero attached hydrogens (tertiary/aromatic N) is 2. The molecule has 0 radical (unpaired) electrons. The lowest BCUT2D eigenvalue weighted by atomic mass is 10.1. The first kappa shape index (κ1) is 23.1. The fraction of sp³-hybridized carbons (Fsp3) is 0.0385. The molecule has 0 atom stereocenters. The Bertz CT molecular complexity index is 1530. The summed E-state index contributed by atoms with van der Waals surface area (Å²) in [6.45, 7) is 0. The molecule has 35 heavy (non-hydrogen) atoms. The first-order valence-electron chi connectivity index (χ1n) is 10.5. The summed E-state index contributed by atoms with van der Waals surface area (Å²) in [5, 5.41) is 4.52. The van der Waals surface area contributed by atoms with E-state index in [-0.39, 0.29) is 10.7 Å². The number of anilines is 1. The summed E-state index contributed by atoms with van der Waals surface area (Å²) in [4.78, 5) is 27.7. The topological polar surface area (TPSA) is 63.6 Å². The van der Waals surface area contributed by atoms with Crippen LogP contribution in [0.3, 0.4) is 0 Å². The van der Waals surface area contributed by atoms with Gasteiger partial charge >= 0.3 is 0 Å². The van der Waals surface area contributed by atoms with Gasteiger partial charge in [-0.25, -0.2) is 0 Å². The van der Waals surface area contributed by atoms with Crippen molar-refractivity contribution in [3.05, 3.63) is 94.0 Å². The molecule has 0 saturated carbocycles. The Hall–Kier alpha value is -3.65. The Morgan fingerprint density at radius 3 is 2.23 bits per heavy atom. The van der Waals surface area contributed by atoms with Gasteiger partial charge in [0.2, 0.25) is 5.88 Å². The van der Waals surface area contributed by atoms with Crippen LogP contribution < -0.4 is 15.0 Å². The van der Waals surface area contributed by atoms with E-state index in [1.807, 2.05) is 35.9 Å². The van der Waals surface area contributed by atoms with Crippen LogP contribution in [0.1, 0.15) is 5.56 Å². The molecule has 3 aromatic carbocycles. The maximum atomic E-state index is 13.5. The number of carbonyl (C=O) groups is 2. The van der Waals surface area contributed by atoms with Crippen molar-refractivity contribution in [3.8, 4) is 11.6 Å². The summed E-state index contributed by atoms with van der Waals surface area (Å²) in [6, 6.07) is 21.2. The van der Waals surface area contributed by atoms with Crippen LogP contribution in [-0.4, -0.2) is 21.5 Å². The molecular formula is C26H17Cl2N3O3S. The minimum absolute atomic E-state index is 0.00460. The summed E-state index contributed by atoms with van der Waals surface area (Å²) in [7, 11) is 1.85. The van der Waals surface area contributed by atoms with E-state index in [0.717, 1.165) is 10.9 Å². The van der Waals surface area contributed by atoms with E-state index in [1.54, 1.807) is 48.5 Å². The molecule has 0 bridgehead atoms. The summed E-state index contributed by atoms with van der Waals surface area (Å²) >= 11 is 17.3. The third-order valence-electron chi connectivity index (χ3n) is 5.59. The van der Waals surface area contributed by atoms with Crippen molar-refractivity contribution in [1.29, 1.82) is 0 Å². The highest BCUT2D eigenvalue weighted by Crippen LogP contribution is 2.37. The molecule has 0 unspecified atom stereocenters. The minimum atomic E-state index is -0.587. The third kappa shape index (κ3) is 4.30. The van der Waals surface area contributed by atoms with Crippen LogP contribution >= 0.6 is 35.4 Å². The average Bonchev–Trinajstić information content (AvgIpc) is 3.10. The lowest BCUT2D eigenvalue weighted by Crippen LogP contribution is -2.54. The zero-order valence-electron chi connectivity index (χ0n) is 18.3. The van der Waals surface area contributed by atoms with Crippen molar-refractivity contribution < 1.29 is 14.3 Å². The van der Waals surface area contributed by atoms with Crippen LogP contribution in [0.15, 0.2) is 78.4 Å². The number of hydrogen-bond donors (Lipinski definition) is 1. The molecule has 0 spiro atoms. The van der Waals surface area contributed by atoms with Gasteiger partial charge in [0.15, 0.2) is 5.11 Å². The number of hydrogen-bond acceptors (Lipinski definition) is 4. The van der Waals surface area contributed by atoms with Gasteiger partial charge in [-0.05, 0) is 72.9 Å². The Morgan fingerprint density at radius 2 is 1.54 bits per heavy atom.